The van der Waals surface area contributed by atoms with Crippen LogP contribution in [0.15, 0.2) is 0 Å². The summed E-state index contributed by atoms with van der Waals surface area (Å²) in [6.45, 7) is 4.46. The SMILES string of the molecule is CC(C)C1CCC(CC(O)CC2CCCC2)(C(=O)O)CC1. The lowest BCUT2D eigenvalue weighted by molar-refractivity contribution is -0.154. The Balaban J connectivity index is 1.91. The van der Waals surface area contributed by atoms with Crippen LogP contribution >= 0.6 is 0 Å². The van der Waals surface area contributed by atoms with E-state index in [-0.39, 0.29) is 0 Å². The Labute approximate surface area is 129 Å². The quantitative estimate of drug-likeness (QED) is 0.771. The van der Waals surface area contributed by atoms with E-state index in [1.165, 1.54) is 25.7 Å². The highest BCUT2D eigenvalue weighted by Crippen LogP contribution is 2.45. The van der Waals surface area contributed by atoms with Crippen molar-refractivity contribution in [3.05, 3.63) is 0 Å². The summed E-state index contributed by atoms with van der Waals surface area (Å²) in [7, 11) is 0. The molecule has 0 aromatic heterocycles. The number of aliphatic hydroxyl groups excluding tert-OH is 1. The molecule has 122 valence electrons. The van der Waals surface area contributed by atoms with E-state index in [0.29, 0.717) is 24.2 Å². The Morgan fingerprint density at radius 1 is 1.14 bits per heavy atom. The van der Waals surface area contributed by atoms with Crippen molar-refractivity contribution in [2.24, 2.45) is 23.2 Å². The van der Waals surface area contributed by atoms with Gasteiger partial charge in [0.05, 0.1) is 11.5 Å². The Hall–Kier alpha value is -0.570. The Morgan fingerprint density at radius 3 is 2.19 bits per heavy atom. The summed E-state index contributed by atoms with van der Waals surface area (Å²) < 4.78 is 0. The largest absolute Gasteiger partial charge is 0.481 e. The van der Waals surface area contributed by atoms with E-state index in [9.17, 15) is 15.0 Å². The lowest BCUT2D eigenvalue weighted by Gasteiger charge is -2.39. The van der Waals surface area contributed by atoms with Gasteiger partial charge in [-0.3, -0.25) is 4.79 Å². The van der Waals surface area contributed by atoms with Crippen molar-refractivity contribution in [3.63, 3.8) is 0 Å². The average Bonchev–Trinajstić information content (AvgIpc) is 2.91. The molecule has 2 N–H and O–H groups in total. The third-order valence-corrected chi connectivity index (χ3v) is 6.09. The summed E-state index contributed by atoms with van der Waals surface area (Å²) >= 11 is 0. The van der Waals surface area contributed by atoms with E-state index in [4.69, 9.17) is 0 Å². The average molecular weight is 296 g/mol. The number of carbonyl (C=O) groups is 1. The highest BCUT2D eigenvalue weighted by Gasteiger charge is 2.43. The van der Waals surface area contributed by atoms with E-state index in [0.717, 1.165) is 32.1 Å². The summed E-state index contributed by atoms with van der Waals surface area (Å²) in [6.07, 6.45) is 9.31. The lowest BCUT2D eigenvalue weighted by Crippen LogP contribution is -2.39. The van der Waals surface area contributed by atoms with Gasteiger partial charge in [-0.15, -0.1) is 0 Å². The molecule has 0 aromatic rings. The van der Waals surface area contributed by atoms with E-state index in [1.807, 2.05) is 0 Å². The van der Waals surface area contributed by atoms with Gasteiger partial charge in [-0.1, -0.05) is 39.5 Å². The monoisotopic (exact) mass is 296 g/mol. The third-order valence-electron chi connectivity index (χ3n) is 6.09. The van der Waals surface area contributed by atoms with Gasteiger partial charge in [0.2, 0.25) is 0 Å². The molecule has 0 spiro atoms. The predicted molar refractivity (Wildman–Crippen MR) is 84.1 cm³/mol. The van der Waals surface area contributed by atoms with Gasteiger partial charge in [0.25, 0.3) is 0 Å². The number of rotatable bonds is 6. The van der Waals surface area contributed by atoms with E-state index < -0.39 is 17.5 Å². The van der Waals surface area contributed by atoms with Crippen molar-refractivity contribution < 1.29 is 15.0 Å². The molecule has 3 heteroatoms. The lowest BCUT2D eigenvalue weighted by atomic mass is 9.65. The Morgan fingerprint density at radius 2 is 1.71 bits per heavy atom. The molecule has 0 heterocycles. The van der Waals surface area contributed by atoms with Gasteiger partial charge in [0, 0.05) is 0 Å². The first kappa shape index (κ1) is 16.8. The van der Waals surface area contributed by atoms with E-state index in [1.54, 1.807) is 0 Å². The molecule has 2 saturated carbocycles. The van der Waals surface area contributed by atoms with Crippen LogP contribution < -0.4 is 0 Å². The first-order valence-electron chi connectivity index (χ1n) is 8.84. The van der Waals surface area contributed by atoms with Gasteiger partial charge >= 0.3 is 5.97 Å². The van der Waals surface area contributed by atoms with Gasteiger partial charge in [-0.2, -0.15) is 0 Å². The molecule has 2 aliphatic carbocycles. The molecule has 0 saturated heterocycles. The van der Waals surface area contributed by atoms with Crippen molar-refractivity contribution in [1.82, 2.24) is 0 Å². The zero-order valence-electron chi connectivity index (χ0n) is 13.7. The van der Waals surface area contributed by atoms with Crippen LogP contribution in [0.4, 0.5) is 0 Å². The van der Waals surface area contributed by atoms with Gasteiger partial charge in [-0.25, -0.2) is 0 Å². The minimum absolute atomic E-state index is 0.431. The normalized spacial score (nSPS) is 32.5. The maximum atomic E-state index is 11.8. The summed E-state index contributed by atoms with van der Waals surface area (Å²) in [5, 5.41) is 20.1. The molecule has 0 aliphatic heterocycles. The summed E-state index contributed by atoms with van der Waals surface area (Å²) in [5.41, 5.74) is -0.663. The van der Waals surface area contributed by atoms with E-state index >= 15 is 0 Å². The van der Waals surface area contributed by atoms with Crippen LogP contribution in [0.3, 0.4) is 0 Å². The van der Waals surface area contributed by atoms with Gasteiger partial charge in [0.15, 0.2) is 0 Å². The number of carboxylic acids is 1. The van der Waals surface area contributed by atoms with Crippen LogP contribution in [0.25, 0.3) is 0 Å². The van der Waals surface area contributed by atoms with Gasteiger partial charge < -0.3 is 10.2 Å². The van der Waals surface area contributed by atoms with Crippen LogP contribution in [-0.2, 0) is 4.79 Å². The van der Waals surface area contributed by atoms with Crippen molar-refractivity contribution >= 4 is 5.97 Å². The molecule has 0 bridgehead atoms. The highest BCUT2D eigenvalue weighted by atomic mass is 16.4. The standard InChI is InChI=1S/C18H32O3/c1-13(2)15-7-9-18(10-8-15,17(20)21)12-16(19)11-14-5-3-4-6-14/h13-16,19H,3-12H2,1-2H3,(H,20,21). The van der Waals surface area contributed by atoms with Gasteiger partial charge in [0.1, 0.15) is 0 Å². The van der Waals surface area contributed by atoms with Crippen LogP contribution in [-0.4, -0.2) is 22.3 Å². The molecule has 2 aliphatic rings. The second-order valence-electron chi connectivity index (χ2n) is 7.91. The van der Waals surface area contributed by atoms with E-state index in [2.05, 4.69) is 13.8 Å². The number of carboxylic acid groups (broad SMARTS) is 1. The van der Waals surface area contributed by atoms with Crippen LogP contribution in [0, 0.1) is 23.2 Å². The third kappa shape index (κ3) is 4.21. The Kier molecular flexibility index (Phi) is 5.70. The van der Waals surface area contributed by atoms with Crippen molar-refractivity contribution in [3.8, 4) is 0 Å². The fourth-order valence-electron chi connectivity index (χ4n) is 4.53. The summed E-state index contributed by atoms with van der Waals surface area (Å²) in [4.78, 5) is 11.8. The van der Waals surface area contributed by atoms with Crippen molar-refractivity contribution in [2.75, 3.05) is 0 Å². The van der Waals surface area contributed by atoms with Gasteiger partial charge in [-0.05, 0) is 56.3 Å². The molecule has 1 atom stereocenters. The minimum Gasteiger partial charge on any atom is -0.481 e. The topological polar surface area (TPSA) is 57.5 Å². The maximum absolute atomic E-state index is 11.8. The molecule has 1 unspecified atom stereocenters. The Bertz CT molecular complexity index is 336. The molecule has 0 aromatic carbocycles. The minimum atomic E-state index is -0.685. The molecule has 0 radical (unpaired) electrons. The molecule has 21 heavy (non-hydrogen) atoms. The first-order chi connectivity index (χ1) is 9.93. The predicted octanol–water partition coefficient (Wildman–Crippen LogP) is 4.23. The molecular weight excluding hydrogens is 264 g/mol. The number of aliphatic carboxylic acids is 1. The van der Waals surface area contributed by atoms with Crippen LogP contribution in [0.5, 0.6) is 0 Å². The maximum Gasteiger partial charge on any atom is 0.309 e. The molecule has 2 fully saturated rings. The van der Waals surface area contributed by atoms with Crippen LogP contribution in [0.2, 0.25) is 0 Å². The van der Waals surface area contributed by atoms with Crippen molar-refractivity contribution in [2.45, 2.75) is 84.2 Å². The second kappa shape index (κ2) is 7.13. The second-order valence-corrected chi connectivity index (χ2v) is 7.91. The van der Waals surface area contributed by atoms with Crippen molar-refractivity contribution in [1.29, 1.82) is 0 Å². The summed E-state index contributed by atoms with van der Waals surface area (Å²) in [5.74, 6) is 1.23. The number of hydrogen-bond donors (Lipinski definition) is 2. The fraction of sp³-hybridized carbons (Fsp3) is 0.944. The molecular formula is C18H32O3. The molecule has 3 nitrogen and oxygen atoms in total. The molecule has 2 rings (SSSR count). The first-order valence-corrected chi connectivity index (χ1v) is 8.84. The number of hydrogen-bond acceptors (Lipinski definition) is 2. The van der Waals surface area contributed by atoms with Crippen LogP contribution in [0.1, 0.15) is 78.1 Å². The zero-order valence-corrected chi connectivity index (χ0v) is 13.7. The molecule has 0 amide bonds. The summed E-state index contributed by atoms with van der Waals surface area (Å²) in [6, 6.07) is 0. The smallest absolute Gasteiger partial charge is 0.309 e. The fourth-order valence-corrected chi connectivity index (χ4v) is 4.53. The number of aliphatic hydroxyl groups is 1. The zero-order chi connectivity index (χ0) is 15.5. The highest BCUT2D eigenvalue weighted by molar-refractivity contribution is 5.74.